The van der Waals surface area contributed by atoms with Crippen molar-refractivity contribution >= 4 is 6.03 Å². The van der Waals surface area contributed by atoms with Gasteiger partial charge in [0.1, 0.15) is 0 Å². The zero-order chi connectivity index (χ0) is 15.0. The highest BCUT2D eigenvalue weighted by Crippen LogP contribution is 2.20. The van der Waals surface area contributed by atoms with Gasteiger partial charge in [-0.05, 0) is 42.9 Å². The Morgan fingerprint density at radius 3 is 2.65 bits per heavy atom. The van der Waals surface area contributed by atoms with Crippen molar-refractivity contribution in [2.45, 2.75) is 39.7 Å². The molecular weight excluding hydrogens is 254 g/mol. The number of nitrogens with zero attached hydrogens (tertiary/aromatic N) is 1. The van der Waals surface area contributed by atoms with Gasteiger partial charge in [0.15, 0.2) is 0 Å². The number of rotatable bonds is 7. The summed E-state index contributed by atoms with van der Waals surface area (Å²) in [4.78, 5) is 15.7. The number of pyridine rings is 1. The van der Waals surface area contributed by atoms with Crippen molar-refractivity contribution in [2.75, 3.05) is 13.2 Å². The molecule has 0 aromatic carbocycles. The summed E-state index contributed by atoms with van der Waals surface area (Å²) in [5, 5.41) is 14.9. The molecule has 5 nitrogen and oxygen atoms in total. The molecule has 0 bridgehead atoms. The highest BCUT2D eigenvalue weighted by atomic mass is 16.3. The number of nitrogens with one attached hydrogen (secondary N) is 2. The fourth-order valence-corrected chi connectivity index (χ4v) is 1.83. The first-order valence-corrected chi connectivity index (χ1v) is 7.00. The Kier molecular flexibility index (Phi) is 6.45. The van der Waals surface area contributed by atoms with E-state index in [0.717, 1.165) is 18.4 Å². The standard InChI is InChI=1S/C15H25N3O2/c1-12(13-5-9-16-10-6-13)18-14(20)17-8-4-7-15(2,3)11-19/h5-6,9-10,12,19H,4,7-8,11H2,1-3H3,(H2,17,18,20). The second-order valence-electron chi connectivity index (χ2n) is 5.83. The Labute approximate surface area is 120 Å². The maximum atomic E-state index is 11.7. The topological polar surface area (TPSA) is 74.2 Å². The number of aromatic nitrogens is 1. The predicted molar refractivity (Wildman–Crippen MR) is 79.3 cm³/mol. The van der Waals surface area contributed by atoms with E-state index in [0.29, 0.717) is 6.54 Å². The van der Waals surface area contributed by atoms with Crippen molar-refractivity contribution in [1.29, 1.82) is 0 Å². The largest absolute Gasteiger partial charge is 0.396 e. The van der Waals surface area contributed by atoms with Crippen LogP contribution in [0.4, 0.5) is 4.79 Å². The van der Waals surface area contributed by atoms with Gasteiger partial charge in [0.2, 0.25) is 0 Å². The second kappa shape index (κ2) is 7.85. The first-order chi connectivity index (χ1) is 9.44. The number of hydrogen-bond acceptors (Lipinski definition) is 3. The van der Waals surface area contributed by atoms with Crippen LogP contribution < -0.4 is 10.6 Å². The molecule has 0 aliphatic heterocycles. The van der Waals surface area contributed by atoms with Gasteiger partial charge < -0.3 is 15.7 Å². The molecule has 0 saturated heterocycles. The molecule has 0 radical (unpaired) electrons. The minimum atomic E-state index is -0.170. The molecule has 20 heavy (non-hydrogen) atoms. The van der Waals surface area contributed by atoms with Gasteiger partial charge in [-0.2, -0.15) is 0 Å². The Balaban J connectivity index is 2.24. The summed E-state index contributed by atoms with van der Waals surface area (Å²) in [6.45, 7) is 6.73. The lowest BCUT2D eigenvalue weighted by Gasteiger charge is -2.21. The van der Waals surface area contributed by atoms with Crippen molar-refractivity contribution < 1.29 is 9.90 Å². The van der Waals surface area contributed by atoms with Crippen molar-refractivity contribution in [1.82, 2.24) is 15.6 Å². The van der Waals surface area contributed by atoms with Crippen molar-refractivity contribution in [3.8, 4) is 0 Å². The number of urea groups is 1. The number of amides is 2. The van der Waals surface area contributed by atoms with E-state index in [1.807, 2.05) is 32.9 Å². The molecule has 3 N–H and O–H groups in total. The number of aliphatic hydroxyl groups is 1. The first-order valence-electron chi connectivity index (χ1n) is 7.00. The lowest BCUT2D eigenvalue weighted by molar-refractivity contribution is 0.148. The number of carbonyl (C=O) groups excluding carboxylic acids is 1. The highest BCUT2D eigenvalue weighted by molar-refractivity contribution is 5.74. The van der Waals surface area contributed by atoms with Crippen LogP contribution in [0.1, 0.15) is 45.2 Å². The summed E-state index contributed by atoms with van der Waals surface area (Å²) < 4.78 is 0. The third kappa shape index (κ3) is 6.02. The smallest absolute Gasteiger partial charge is 0.315 e. The third-order valence-electron chi connectivity index (χ3n) is 3.30. The van der Waals surface area contributed by atoms with Crippen molar-refractivity contribution in [3.05, 3.63) is 30.1 Å². The number of hydrogen-bond donors (Lipinski definition) is 3. The van der Waals surface area contributed by atoms with E-state index in [2.05, 4.69) is 15.6 Å². The molecule has 0 saturated carbocycles. The van der Waals surface area contributed by atoms with Gasteiger partial charge in [-0.25, -0.2) is 4.79 Å². The molecule has 0 fully saturated rings. The van der Waals surface area contributed by atoms with Crippen LogP contribution in [0.2, 0.25) is 0 Å². The molecule has 1 aromatic rings. The molecule has 1 rings (SSSR count). The summed E-state index contributed by atoms with van der Waals surface area (Å²) in [5.74, 6) is 0. The van der Waals surface area contributed by atoms with Gasteiger partial charge >= 0.3 is 6.03 Å². The number of aliphatic hydroxyl groups excluding tert-OH is 1. The molecule has 0 spiro atoms. The molecule has 2 amide bonds. The molecule has 0 aliphatic carbocycles. The van der Waals surface area contributed by atoms with Crippen molar-refractivity contribution in [3.63, 3.8) is 0 Å². The van der Waals surface area contributed by atoms with Crippen LogP contribution in [0.5, 0.6) is 0 Å². The lowest BCUT2D eigenvalue weighted by Crippen LogP contribution is -2.37. The van der Waals surface area contributed by atoms with Crippen LogP contribution in [0.15, 0.2) is 24.5 Å². The van der Waals surface area contributed by atoms with Gasteiger partial charge in [-0.15, -0.1) is 0 Å². The third-order valence-corrected chi connectivity index (χ3v) is 3.30. The fourth-order valence-electron chi connectivity index (χ4n) is 1.83. The molecular formula is C15H25N3O2. The summed E-state index contributed by atoms with van der Waals surface area (Å²) in [5.41, 5.74) is 0.944. The van der Waals surface area contributed by atoms with Crippen LogP contribution in [0.3, 0.4) is 0 Å². The minimum absolute atomic E-state index is 0.0492. The van der Waals surface area contributed by atoms with E-state index in [-0.39, 0.29) is 24.1 Å². The Morgan fingerprint density at radius 1 is 1.40 bits per heavy atom. The first kappa shape index (κ1) is 16.4. The van der Waals surface area contributed by atoms with Crippen molar-refractivity contribution in [2.24, 2.45) is 5.41 Å². The Bertz CT molecular complexity index is 407. The summed E-state index contributed by atoms with van der Waals surface area (Å²) >= 11 is 0. The number of carbonyl (C=O) groups is 1. The highest BCUT2D eigenvalue weighted by Gasteiger charge is 2.15. The molecule has 5 heteroatoms. The quantitative estimate of drug-likeness (QED) is 0.670. The minimum Gasteiger partial charge on any atom is -0.396 e. The normalized spacial score (nSPS) is 12.8. The molecule has 0 aliphatic rings. The van der Waals surface area contributed by atoms with Gasteiger partial charge in [0.05, 0.1) is 6.04 Å². The van der Waals surface area contributed by atoms with Crippen LogP contribution >= 0.6 is 0 Å². The predicted octanol–water partition coefficient (Wildman–Crippen LogP) is 2.24. The van der Waals surface area contributed by atoms with Gasteiger partial charge in [-0.1, -0.05) is 13.8 Å². The molecule has 1 atom stereocenters. The SMILES string of the molecule is CC(NC(=O)NCCCC(C)(C)CO)c1ccncc1. The summed E-state index contributed by atoms with van der Waals surface area (Å²) in [6.07, 6.45) is 5.15. The van der Waals surface area contributed by atoms with E-state index in [1.165, 1.54) is 0 Å². The Hall–Kier alpha value is -1.62. The van der Waals surface area contributed by atoms with Crippen LogP contribution in [-0.2, 0) is 0 Å². The van der Waals surface area contributed by atoms with E-state index >= 15 is 0 Å². The molecule has 112 valence electrons. The second-order valence-corrected chi connectivity index (χ2v) is 5.83. The molecule has 1 aromatic heterocycles. The van der Waals surface area contributed by atoms with Crippen LogP contribution in [-0.4, -0.2) is 29.3 Å². The van der Waals surface area contributed by atoms with Crippen LogP contribution in [0.25, 0.3) is 0 Å². The Morgan fingerprint density at radius 2 is 2.05 bits per heavy atom. The zero-order valence-corrected chi connectivity index (χ0v) is 12.5. The van der Waals surface area contributed by atoms with Crippen LogP contribution in [0, 0.1) is 5.41 Å². The van der Waals surface area contributed by atoms with E-state index in [1.54, 1.807) is 12.4 Å². The summed E-state index contributed by atoms with van der Waals surface area (Å²) in [6, 6.07) is 3.55. The molecule has 1 unspecified atom stereocenters. The van der Waals surface area contributed by atoms with E-state index in [9.17, 15) is 4.79 Å². The lowest BCUT2D eigenvalue weighted by atomic mass is 9.89. The maximum Gasteiger partial charge on any atom is 0.315 e. The van der Waals surface area contributed by atoms with E-state index < -0.39 is 0 Å². The van der Waals surface area contributed by atoms with E-state index in [4.69, 9.17) is 5.11 Å². The average Bonchev–Trinajstić information content (AvgIpc) is 2.44. The van der Waals surface area contributed by atoms with Gasteiger partial charge in [0, 0.05) is 25.5 Å². The monoisotopic (exact) mass is 279 g/mol. The average molecular weight is 279 g/mol. The fraction of sp³-hybridized carbons (Fsp3) is 0.600. The molecule has 1 heterocycles. The zero-order valence-electron chi connectivity index (χ0n) is 12.5. The maximum absolute atomic E-state index is 11.7. The van der Waals surface area contributed by atoms with Gasteiger partial charge in [-0.3, -0.25) is 4.98 Å². The van der Waals surface area contributed by atoms with Gasteiger partial charge in [0.25, 0.3) is 0 Å². The summed E-state index contributed by atoms with van der Waals surface area (Å²) in [7, 11) is 0.